The number of amides is 1. The SMILES string of the molecule is C[C@H]1[C@@H](CN2CC[C@H](O)C2)O[C@@H](c2ccc(NC(=O)C(Cl)(Cl)Cl)cc2)O[C@H]1c1ccc(CO)cc1. The van der Waals surface area contributed by atoms with E-state index in [1.807, 2.05) is 24.3 Å². The summed E-state index contributed by atoms with van der Waals surface area (Å²) in [5.41, 5.74) is 3.10. The molecule has 35 heavy (non-hydrogen) atoms. The Labute approximate surface area is 219 Å². The van der Waals surface area contributed by atoms with E-state index in [1.54, 1.807) is 24.3 Å². The molecule has 190 valence electrons. The van der Waals surface area contributed by atoms with E-state index in [9.17, 15) is 15.0 Å². The van der Waals surface area contributed by atoms with E-state index in [2.05, 4.69) is 17.1 Å². The van der Waals surface area contributed by atoms with Crippen molar-refractivity contribution in [3.05, 3.63) is 65.2 Å². The third kappa shape index (κ3) is 6.67. The number of anilines is 1. The number of hydrogen-bond donors (Lipinski definition) is 3. The molecule has 2 aromatic carbocycles. The van der Waals surface area contributed by atoms with Crippen molar-refractivity contribution < 1.29 is 24.5 Å². The summed E-state index contributed by atoms with van der Waals surface area (Å²) in [6.45, 7) is 4.22. The van der Waals surface area contributed by atoms with Crippen molar-refractivity contribution in [1.29, 1.82) is 0 Å². The third-order valence-electron chi connectivity index (χ3n) is 6.51. The highest BCUT2D eigenvalue weighted by Gasteiger charge is 2.40. The van der Waals surface area contributed by atoms with Gasteiger partial charge in [-0.2, -0.15) is 0 Å². The molecule has 5 atom stereocenters. The summed E-state index contributed by atoms with van der Waals surface area (Å²) in [5.74, 6) is -0.694. The average Bonchev–Trinajstić information content (AvgIpc) is 3.25. The maximum atomic E-state index is 11.9. The highest BCUT2D eigenvalue weighted by Crippen LogP contribution is 2.42. The molecule has 0 saturated carbocycles. The summed E-state index contributed by atoms with van der Waals surface area (Å²) in [4.78, 5) is 14.2. The number of hydrogen-bond acceptors (Lipinski definition) is 6. The summed E-state index contributed by atoms with van der Waals surface area (Å²) in [6, 6.07) is 14.7. The fourth-order valence-electron chi connectivity index (χ4n) is 4.49. The van der Waals surface area contributed by atoms with Gasteiger partial charge in [-0.05, 0) is 29.7 Å². The molecule has 10 heteroatoms. The van der Waals surface area contributed by atoms with Crippen LogP contribution in [0.3, 0.4) is 0 Å². The highest BCUT2D eigenvalue weighted by atomic mass is 35.6. The number of alkyl halides is 3. The number of rotatable bonds is 6. The first-order valence-electron chi connectivity index (χ1n) is 11.5. The number of ether oxygens (including phenoxy) is 2. The molecule has 2 saturated heterocycles. The molecule has 4 rings (SSSR count). The molecule has 2 fully saturated rings. The Morgan fingerprint density at radius 2 is 1.74 bits per heavy atom. The number of carbonyl (C=O) groups excluding carboxylic acids is 1. The fourth-order valence-corrected chi connectivity index (χ4v) is 4.63. The molecule has 0 bridgehead atoms. The number of aliphatic hydroxyl groups is 2. The molecular weight excluding hydrogens is 515 g/mol. The number of benzene rings is 2. The normalized spacial score (nSPS) is 27.7. The number of nitrogens with zero attached hydrogens (tertiary/aromatic N) is 1. The van der Waals surface area contributed by atoms with Gasteiger partial charge in [0.05, 0.1) is 24.9 Å². The molecule has 2 aliphatic rings. The zero-order valence-corrected chi connectivity index (χ0v) is 21.5. The van der Waals surface area contributed by atoms with Gasteiger partial charge in [0.2, 0.25) is 0 Å². The summed E-state index contributed by atoms with van der Waals surface area (Å²) < 4.78 is 10.8. The van der Waals surface area contributed by atoms with Gasteiger partial charge in [0.15, 0.2) is 6.29 Å². The van der Waals surface area contributed by atoms with Crippen molar-refractivity contribution in [1.82, 2.24) is 4.90 Å². The second-order valence-electron chi connectivity index (χ2n) is 9.10. The van der Waals surface area contributed by atoms with Gasteiger partial charge in [0.25, 0.3) is 9.70 Å². The van der Waals surface area contributed by atoms with Crippen LogP contribution in [0, 0.1) is 5.92 Å². The minimum atomic E-state index is -2.06. The van der Waals surface area contributed by atoms with Crippen LogP contribution < -0.4 is 5.32 Å². The lowest BCUT2D eigenvalue weighted by Crippen LogP contribution is -2.44. The van der Waals surface area contributed by atoms with Crippen molar-refractivity contribution in [2.45, 2.75) is 48.3 Å². The Morgan fingerprint density at radius 1 is 1.09 bits per heavy atom. The van der Waals surface area contributed by atoms with Crippen LogP contribution in [0.2, 0.25) is 0 Å². The first kappa shape index (κ1) is 26.6. The van der Waals surface area contributed by atoms with Gasteiger partial charge in [0, 0.05) is 36.8 Å². The largest absolute Gasteiger partial charge is 0.392 e. The summed E-state index contributed by atoms with van der Waals surface area (Å²) in [6.07, 6.45) is -0.551. The number of likely N-dealkylation sites (tertiary alicyclic amines) is 1. The number of nitrogens with one attached hydrogen (secondary N) is 1. The van der Waals surface area contributed by atoms with Crippen LogP contribution in [0.1, 0.15) is 42.4 Å². The molecule has 0 aromatic heterocycles. The molecule has 0 unspecified atom stereocenters. The maximum absolute atomic E-state index is 11.9. The number of carbonyl (C=O) groups is 1. The molecule has 0 radical (unpaired) electrons. The number of β-amino-alcohol motifs (C(OH)–C–C–N with tert-alkyl or cyclic N) is 1. The van der Waals surface area contributed by atoms with Crippen LogP contribution in [0.4, 0.5) is 5.69 Å². The zero-order valence-electron chi connectivity index (χ0n) is 19.2. The first-order chi connectivity index (χ1) is 16.6. The van der Waals surface area contributed by atoms with E-state index in [0.717, 1.165) is 29.7 Å². The predicted molar refractivity (Wildman–Crippen MR) is 135 cm³/mol. The van der Waals surface area contributed by atoms with E-state index in [1.165, 1.54) is 0 Å². The van der Waals surface area contributed by atoms with Crippen molar-refractivity contribution in [3.63, 3.8) is 0 Å². The Kier molecular flexibility index (Phi) is 8.61. The standard InChI is InChI=1S/C25H29Cl3N2O5/c1-15-21(13-30-11-10-20(32)12-30)34-23(35-22(15)17-4-2-16(14-31)3-5-17)18-6-8-19(9-7-18)29-24(33)25(26,27)28/h2-9,15,20-23,31-32H,10-14H2,1H3,(H,29,33)/t15-,20-,21+,22+,23+/m0/s1. The predicted octanol–water partition coefficient (Wildman–Crippen LogP) is 4.35. The summed E-state index contributed by atoms with van der Waals surface area (Å²) in [7, 11) is 0. The average molecular weight is 544 g/mol. The Hall–Kier alpha value is -1.42. The molecule has 2 aliphatic heterocycles. The molecule has 2 aromatic rings. The van der Waals surface area contributed by atoms with Gasteiger partial charge in [0.1, 0.15) is 0 Å². The monoisotopic (exact) mass is 542 g/mol. The quantitative estimate of drug-likeness (QED) is 0.470. The van der Waals surface area contributed by atoms with Crippen LogP contribution >= 0.6 is 34.8 Å². The van der Waals surface area contributed by atoms with Crippen LogP contribution in [0.25, 0.3) is 0 Å². The molecule has 0 spiro atoms. The van der Waals surface area contributed by atoms with Crippen molar-refractivity contribution in [2.24, 2.45) is 5.92 Å². The van der Waals surface area contributed by atoms with Crippen LogP contribution in [-0.4, -0.2) is 56.7 Å². The molecule has 0 aliphatic carbocycles. The second-order valence-corrected chi connectivity index (χ2v) is 11.4. The van der Waals surface area contributed by atoms with Gasteiger partial charge in [-0.25, -0.2) is 0 Å². The van der Waals surface area contributed by atoms with Gasteiger partial charge >= 0.3 is 0 Å². The van der Waals surface area contributed by atoms with Gasteiger partial charge in [-0.3, -0.25) is 9.69 Å². The zero-order chi connectivity index (χ0) is 25.2. The van der Waals surface area contributed by atoms with E-state index < -0.39 is 16.0 Å². The summed E-state index contributed by atoms with van der Waals surface area (Å²) in [5, 5.41) is 21.9. The Bertz CT molecular complexity index is 1000. The van der Waals surface area contributed by atoms with Crippen molar-refractivity contribution in [2.75, 3.05) is 25.0 Å². The van der Waals surface area contributed by atoms with Gasteiger partial charge < -0.3 is 25.0 Å². The van der Waals surface area contributed by atoms with Gasteiger partial charge in [-0.15, -0.1) is 0 Å². The van der Waals surface area contributed by atoms with Crippen LogP contribution in [0.15, 0.2) is 48.5 Å². The molecule has 3 N–H and O–H groups in total. The first-order valence-corrected chi connectivity index (χ1v) is 12.7. The molecular formula is C25H29Cl3N2O5. The smallest absolute Gasteiger partial charge is 0.276 e. The van der Waals surface area contributed by atoms with Crippen molar-refractivity contribution >= 4 is 46.4 Å². The molecule has 7 nitrogen and oxygen atoms in total. The number of halogens is 3. The second kappa shape index (κ2) is 11.3. The lowest BCUT2D eigenvalue weighted by Gasteiger charge is -2.42. The lowest BCUT2D eigenvalue weighted by atomic mass is 9.90. The fraction of sp³-hybridized carbons (Fsp3) is 0.480. The molecule has 2 heterocycles. The van der Waals surface area contributed by atoms with Crippen LogP contribution in [-0.2, 0) is 20.9 Å². The van der Waals surface area contributed by atoms with E-state index in [-0.39, 0.29) is 30.8 Å². The van der Waals surface area contributed by atoms with Crippen LogP contribution in [0.5, 0.6) is 0 Å². The minimum absolute atomic E-state index is 0.0197. The highest BCUT2D eigenvalue weighted by molar-refractivity contribution is 6.76. The van der Waals surface area contributed by atoms with E-state index in [0.29, 0.717) is 18.8 Å². The van der Waals surface area contributed by atoms with Crippen molar-refractivity contribution in [3.8, 4) is 0 Å². The van der Waals surface area contributed by atoms with E-state index in [4.69, 9.17) is 44.3 Å². The Morgan fingerprint density at radius 3 is 2.31 bits per heavy atom. The summed E-state index contributed by atoms with van der Waals surface area (Å²) >= 11 is 16.9. The van der Waals surface area contributed by atoms with E-state index >= 15 is 0 Å². The topological polar surface area (TPSA) is 91.3 Å². The maximum Gasteiger partial charge on any atom is 0.276 e. The Balaban J connectivity index is 1.54. The molecule has 1 amide bonds. The minimum Gasteiger partial charge on any atom is -0.392 e. The third-order valence-corrected chi connectivity index (χ3v) is 7.02. The van der Waals surface area contributed by atoms with Gasteiger partial charge in [-0.1, -0.05) is 78.1 Å². The number of aliphatic hydroxyl groups excluding tert-OH is 2. The lowest BCUT2D eigenvalue weighted by molar-refractivity contribution is -0.276.